The molecule has 0 amide bonds. The summed E-state index contributed by atoms with van der Waals surface area (Å²) in [6, 6.07) is 0.206. The molecule has 0 aromatic carbocycles. The van der Waals surface area contributed by atoms with Gasteiger partial charge in [0.25, 0.3) is 0 Å². The van der Waals surface area contributed by atoms with Crippen molar-refractivity contribution >= 4 is 0 Å². The van der Waals surface area contributed by atoms with Crippen LogP contribution in [0.5, 0.6) is 0 Å². The highest BCUT2D eigenvalue weighted by molar-refractivity contribution is 4.76. The molecular weight excluding hydrogens is 198 g/mol. The van der Waals surface area contributed by atoms with Crippen LogP contribution in [0.3, 0.4) is 0 Å². The zero-order chi connectivity index (χ0) is 12.1. The maximum absolute atomic E-state index is 6.09. The third-order valence-corrected chi connectivity index (χ3v) is 4.03. The molecule has 4 atom stereocenters. The first kappa shape index (κ1) is 14.0. The van der Waals surface area contributed by atoms with E-state index in [1.54, 1.807) is 0 Å². The molecular formula is C14H29NO. The van der Waals surface area contributed by atoms with E-state index < -0.39 is 0 Å². The van der Waals surface area contributed by atoms with Crippen molar-refractivity contribution in [3.05, 3.63) is 0 Å². The summed E-state index contributed by atoms with van der Waals surface area (Å²) < 4.78 is 5.98. The van der Waals surface area contributed by atoms with Crippen LogP contribution >= 0.6 is 0 Å². The average Bonchev–Trinajstić information content (AvgIpc) is 2.23. The Morgan fingerprint density at radius 1 is 1.19 bits per heavy atom. The molecule has 2 N–H and O–H groups in total. The molecule has 2 heteroatoms. The van der Waals surface area contributed by atoms with Gasteiger partial charge in [0.05, 0.1) is 12.7 Å². The first-order valence-corrected chi connectivity index (χ1v) is 6.90. The molecule has 2 nitrogen and oxygen atoms in total. The van der Waals surface area contributed by atoms with Gasteiger partial charge in [0, 0.05) is 6.04 Å². The summed E-state index contributed by atoms with van der Waals surface area (Å²) in [6.45, 7) is 9.80. The Morgan fingerprint density at radius 2 is 1.75 bits per heavy atom. The number of ether oxygens (including phenoxy) is 1. The van der Waals surface area contributed by atoms with Crippen molar-refractivity contribution in [1.82, 2.24) is 0 Å². The Morgan fingerprint density at radius 3 is 2.25 bits per heavy atom. The molecule has 1 aliphatic carbocycles. The lowest BCUT2D eigenvalue weighted by Gasteiger charge is -2.32. The van der Waals surface area contributed by atoms with Crippen LogP contribution in [-0.4, -0.2) is 18.8 Å². The Balaban J connectivity index is 2.26. The maximum atomic E-state index is 6.09. The third-order valence-electron chi connectivity index (χ3n) is 4.03. The number of hydrogen-bond acceptors (Lipinski definition) is 2. The van der Waals surface area contributed by atoms with Gasteiger partial charge in [0.1, 0.15) is 0 Å². The molecule has 4 unspecified atom stereocenters. The highest BCUT2D eigenvalue weighted by atomic mass is 16.5. The molecule has 0 heterocycles. The highest BCUT2D eigenvalue weighted by Gasteiger charge is 2.25. The summed E-state index contributed by atoms with van der Waals surface area (Å²) in [4.78, 5) is 0. The molecule has 0 aromatic rings. The van der Waals surface area contributed by atoms with Gasteiger partial charge in [-0.3, -0.25) is 0 Å². The molecule has 1 fully saturated rings. The first-order chi connectivity index (χ1) is 7.52. The topological polar surface area (TPSA) is 35.2 Å². The van der Waals surface area contributed by atoms with E-state index >= 15 is 0 Å². The molecule has 0 saturated heterocycles. The largest absolute Gasteiger partial charge is 0.377 e. The fraction of sp³-hybridized carbons (Fsp3) is 1.00. The van der Waals surface area contributed by atoms with Crippen LogP contribution in [0.4, 0.5) is 0 Å². The van der Waals surface area contributed by atoms with Gasteiger partial charge < -0.3 is 10.5 Å². The fourth-order valence-electron chi connectivity index (χ4n) is 2.72. The molecule has 96 valence electrons. The predicted molar refractivity (Wildman–Crippen MR) is 69.3 cm³/mol. The molecule has 1 rings (SSSR count). The van der Waals surface area contributed by atoms with Gasteiger partial charge in [-0.15, -0.1) is 0 Å². The van der Waals surface area contributed by atoms with Gasteiger partial charge >= 0.3 is 0 Å². The minimum atomic E-state index is 0.206. The van der Waals surface area contributed by atoms with Crippen molar-refractivity contribution in [2.75, 3.05) is 6.61 Å². The lowest BCUT2D eigenvalue weighted by molar-refractivity contribution is -0.0103. The van der Waals surface area contributed by atoms with Crippen LogP contribution in [0.25, 0.3) is 0 Å². The van der Waals surface area contributed by atoms with Crippen LogP contribution in [0.15, 0.2) is 0 Å². The summed E-state index contributed by atoms with van der Waals surface area (Å²) >= 11 is 0. The number of rotatable bonds is 5. The predicted octanol–water partition coefficient (Wildman–Crippen LogP) is 3.20. The van der Waals surface area contributed by atoms with Crippen LogP contribution in [0, 0.1) is 17.8 Å². The molecule has 0 aromatic heterocycles. The van der Waals surface area contributed by atoms with Crippen molar-refractivity contribution in [2.45, 2.75) is 65.5 Å². The molecule has 0 aliphatic heterocycles. The zero-order valence-corrected chi connectivity index (χ0v) is 11.4. The summed E-state index contributed by atoms with van der Waals surface area (Å²) in [5, 5.41) is 0. The monoisotopic (exact) mass is 227 g/mol. The Labute approximate surface area is 101 Å². The maximum Gasteiger partial charge on any atom is 0.0623 e. The highest BCUT2D eigenvalue weighted by Crippen LogP contribution is 2.30. The summed E-state index contributed by atoms with van der Waals surface area (Å²) in [7, 11) is 0. The van der Waals surface area contributed by atoms with Crippen molar-refractivity contribution in [1.29, 1.82) is 0 Å². The van der Waals surface area contributed by atoms with Crippen LogP contribution < -0.4 is 5.73 Å². The second kappa shape index (κ2) is 6.61. The Hall–Kier alpha value is -0.0800. The van der Waals surface area contributed by atoms with E-state index in [0.29, 0.717) is 12.0 Å². The molecule has 1 saturated carbocycles. The van der Waals surface area contributed by atoms with Crippen LogP contribution in [0.2, 0.25) is 0 Å². The normalized spacial score (nSPS) is 34.7. The molecule has 1 aliphatic rings. The van der Waals surface area contributed by atoms with E-state index in [1.165, 1.54) is 19.3 Å². The third kappa shape index (κ3) is 4.42. The molecule has 0 bridgehead atoms. The van der Waals surface area contributed by atoms with E-state index in [4.69, 9.17) is 10.5 Å². The van der Waals surface area contributed by atoms with Gasteiger partial charge in [-0.1, -0.05) is 34.1 Å². The lowest BCUT2D eigenvalue weighted by Crippen LogP contribution is -2.36. The van der Waals surface area contributed by atoms with Crippen LogP contribution in [0.1, 0.15) is 53.4 Å². The van der Waals surface area contributed by atoms with Gasteiger partial charge in [-0.2, -0.15) is 0 Å². The van der Waals surface area contributed by atoms with Crippen LogP contribution in [-0.2, 0) is 4.74 Å². The molecule has 16 heavy (non-hydrogen) atoms. The number of nitrogens with two attached hydrogens (primary N) is 1. The second-order valence-corrected chi connectivity index (χ2v) is 5.92. The summed E-state index contributed by atoms with van der Waals surface area (Å²) in [6.07, 6.45) is 5.39. The average molecular weight is 227 g/mol. The lowest BCUT2D eigenvalue weighted by atomic mass is 9.82. The van der Waals surface area contributed by atoms with Gasteiger partial charge in [0.2, 0.25) is 0 Å². The summed E-state index contributed by atoms with van der Waals surface area (Å²) in [5.74, 6) is 2.19. The quantitative estimate of drug-likeness (QED) is 0.783. The minimum absolute atomic E-state index is 0.206. The number of hydrogen-bond donors (Lipinski definition) is 1. The van der Waals surface area contributed by atoms with Crippen molar-refractivity contribution in [2.24, 2.45) is 23.5 Å². The molecule has 0 spiro atoms. The Kier molecular flexibility index (Phi) is 5.77. The van der Waals surface area contributed by atoms with E-state index in [9.17, 15) is 0 Å². The smallest absolute Gasteiger partial charge is 0.0623 e. The zero-order valence-electron chi connectivity index (χ0n) is 11.4. The Bertz CT molecular complexity index is 185. The standard InChI is InChI=1S/C14H29NO/c1-5-12(4)14(15)9-16-13-7-10(2)6-11(3)8-13/h10-14H,5-9,15H2,1-4H3. The van der Waals surface area contributed by atoms with Crippen molar-refractivity contribution < 1.29 is 4.74 Å². The van der Waals surface area contributed by atoms with E-state index in [-0.39, 0.29) is 6.04 Å². The SMILES string of the molecule is CCC(C)C(N)COC1CC(C)CC(C)C1. The van der Waals surface area contributed by atoms with Gasteiger partial charge in [-0.25, -0.2) is 0 Å². The molecule has 0 radical (unpaired) electrons. The van der Waals surface area contributed by atoms with E-state index in [0.717, 1.165) is 24.9 Å². The van der Waals surface area contributed by atoms with Crippen molar-refractivity contribution in [3.8, 4) is 0 Å². The minimum Gasteiger partial charge on any atom is -0.377 e. The first-order valence-electron chi connectivity index (χ1n) is 6.90. The van der Waals surface area contributed by atoms with E-state index in [2.05, 4.69) is 27.7 Å². The van der Waals surface area contributed by atoms with Crippen molar-refractivity contribution in [3.63, 3.8) is 0 Å². The fourth-order valence-corrected chi connectivity index (χ4v) is 2.72. The van der Waals surface area contributed by atoms with Gasteiger partial charge in [-0.05, 0) is 37.0 Å². The summed E-state index contributed by atoms with van der Waals surface area (Å²) in [5.41, 5.74) is 6.09. The van der Waals surface area contributed by atoms with E-state index in [1.807, 2.05) is 0 Å². The van der Waals surface area contributed by atoms with Gasteiger partial charge in [0.15, 0.2) is 0 Å². The second-order valence-electron chi connectivity index (χ2n) is 5.92.